The molecule has 1 fully saturated rings. The van der Waals surface area contributed by atoms with Gasteiger partial charge in [0.05, 0.1) is 0 Å². The Morgan fingerprint density at radius 1 is 1.54 bits per heavy atom. The van der Waals surface area contributed by atoms with Crippen LogP contribution in [0, 0.1) is 5.41 Å². The molecule has 0 bridgehead atoms. The van der Waals surface area contributed by atoms with Crippen molar-refractivity contribution in [3.63, 3.8) is 0 Å². The summed E-state index contributed by atoms with van der Waals surface area (Å²) in [6.07, 6.45) is 2.90. The lowest BCUT2D eigenvalue weighted by molar-refractivity contribution is -0.116. The van der Waals surface area contributed by atoms with E-state index in [1.54, 1.807) is 0 Å². The molecule has 2 N–H and O–H groups in total. The first-order valence-electron chi connectivity index (χ1n) is 4.33. The molecule has 0 aromatic carbocycles. The Hall–Kier alpha value is -1.16. The van der Waals surface area contributed by atoms with Crippen LogP contribution in [0.25, 0.3) is 0 Å². The van der Waals surface area contributed by atoms with Gasteiger partial charge in [0, 0.05) is 19.3 Å². The molecule has 13 heavy (non-hydrogen) atoms. The van der Waals surface area contributed by atoms with Crippen molar-refractivity contribution in [2.75, 3.05) is 13.2 Å². The van der Waals surface area contributed by atoms with Gasteiger partial charge < -0.3 is 10.1 Å². The number of hydrogen-bond donors (Lipinski definition) is 2. The van der Waals surface area contributed by atoms with Gasteiger partial charge in [-0.05, 0) is 18.9 Å². The van der Waals surface area contributed by atoms with Crippen LogP contribution in [-0.2, 0) is 9.53 Å². The summed E-state index contributed by atoms with van der Waals surface area (Å²) in [4.78, 5) is 11.2. The van der Waals surface area contributed by atoms with Crippen LogP contribution in [-0.4, -0.2) is 30.9 Å². The monoisotopic (exact) mass is 182 g/mol. The quantitative estimate of drug-likeness (QED) is 0.624. The predicted molar refractivity (Wildman–Crippen MR) is 49.9 cm³/mol. The molecule has 0 aliphatic carbocycles. The number of nitrogens with one attached hydrogen (secondary N) is 2. The topological polar surface area (TPSA) is 62.2 Å². The first-order chi connectivity index (χ1) is 6.24. The summed E-state index contributed by atoms with van der Waals surface area (Å²) in [7, 11) is 0. The maximum absolute atomic E-state index is 11.2. The van der Waals surface area contributed by atoms with Crippen molar-refractivity contribution in [2.45, 2.75) is 18.9 Å². The average molecular weight is 182 g/mol. The Morgan fingerprint density at radius 3 is 2.69 bits per heavy atom. The first kappa shape index (κ1) is 9.92. The molecular weight excluding hydrogens is 168 g/mol. The maximum atomic E-state index is 11.2. The highest BCUT2D eigenvalue weighted by atomic mass is 16.5. The lowest BCUT2D eigenvalue weighted by Gasteiger charge is -2.22. The van der Waals surface area contributed by atoms with Gasteiger partial charge in [-0.2, -0.15) is 0 Å². The van der Waals surface area contributed by atoms with Gasteiger partial charge in [-0.15, -0.1) is 0 Å². The van der Waals surface area contributed by atoms with E-state index in [9.17, 15) is 4.79 Å². The third kappa shape index (κ3) is 2.99. The van der Waals surface area contributed by atoms with Crippen molar-refractivity contribution < 1.29 is 9.53 Å². The van der Waals surface area contributed by atoms with E-state index >= 15 is 0 Å². The zero-order valence-electron chi connectivity index (χ0n) is 7.51. The van der Waals surface area contributed by atoms with Gasteiger partial charge in [-0.1, -0.05) is 6.58 Å². The van der Waals surface area contributed by atoms with E-state index in [0.717, 1.165) is 12.8 Å². The molecule has 1 saturated heterocycles. The fraction of sp³-hybridized carbons (Fsp3) is 0.556. The molecule has 1 rings (SSSR count). The SMILES string of the molecule is C=CC(=N)C(=O)NC1CCOCC1. The summed E-state index contributed by atoms with van der Waals surface area (Å²) in [6, 6.07) is 0.154. The Morgan fingerprint density at radius 2 is 2.15 bits per heavy atom. The van der Waals surface area contributed by atoms with E-state index in [1.165, 1.54) is 6.08 Å². The Bertz CT molecular complexity index is 220. The molecule has 1 aliphatic heterocycles. The van der Waals surface area contributed by atoms with Gasteiger partial charge >= 0.3 is 0 Å². The van der Waals surface area contributed by atoms with E-state index in [1.807, 2.05) is 0 Å². The third-order valence-corrected chi connectivity index (χ3v) is 2.01. The standard InChI is InChI=1S/C9H14N2O2/c1-2-8(10)9(12)11-7-3-5-13-6-4-7/h2,7,10H,1,3-6H2,(H,11,12). The largest absolute Gasteiger partial charge is 0.381 e. The summed E-state index contributed by atoms with van der Waals surface area (Å²) in [5.41, 5.74) is -0.0773. The maximum Gasteiger partial charge on any atom is 0.269 e. The van der Waals surface area contributed by atoms with Crippen molar-refractivity contribution in [1.29, 1.82) is 5.41 Å². The van der Waals surface area contributed by atoms with Gasteiger partial charge in [-0.25, -0.2) is 0 Å². The minimum Gasteiger partial charge on any atom is -0.381 e. The highest BCUT2D eigenvalue weighted by Crippen LogP contribution is 2.05. The fourth-order valence-corrected chi connectivity index (χ4v) is 1.20. The number of carbonyl (C=O) groups is 1. The van der Waals surface area contributed by atoms with E-state index in [4.69, 9.17) is 10.1 Å². The molecular formula is C9H14N2O2. The van der Waals surface area contributed by atoms with E-state index in [-0.39, 0.29) is 17.7 Å². The fourth-order valence-electron chi connectivity index (χ4n) is 1.20. The molecule has 4 heteroatoms. The minimum atomic E-state index is -0.345. The van der Waals surface area contributed by atoms with Crippen molar-refractivity contribution in [3.8, 4) is 0 Å². The number of amides is 1. The smallest absolute Gasteiger partial charge is 0.269 e. The van der Waals surface area contributed by atoms with Gasteiger partial charge in [0.1, 0.15) is 5.71 Å². The average Bonchev–Trinajstić information content (AvgIpc) is 2.18. The Kier molecular flexibility index (Phi) is 3.64. The summed E-state index contributed by atoms with van der Waals surface area (Å²) in [5, 5.41) is 9.96. The van der Waals surface area contributed by atoms with Crippen LogP contribution in [0.3, 0.4) is 0 Å². The lowest BCUT2D eigenvalue weighted by Crippen LogP contribution is -2.41. The first-order valence-corrected chi connectivity index (χ1v) is 4.33. The Labute approximate surface area is 77.5 Å². The summed E-state index contributed by atoms with van der Waals surface area (Å²) < 4.78 is 5.14. The van der Waals surface area contributed by atoms with Crippen LogP contribution in [0.1, 0.15) is 12.8 Å². The third-order valence-electron chi connectivity index (χ3n) is 2.01. The van der Waals surface area contributed by atoms with Crippen molar-refractivity contribution in [2.24, 2.45) is 0 Å². The molecule has 1 amide bonds. The van der Waals surface area contributed by atoms with Crippen LogP contribution < -0.4 is 5.32 Å². The van der Waals surface area contributed by atoms with E-state index in [2.05, 4.69) is 11.9 Å². The molecule has 1 aliphatic rings. The molecule has 0 saturated carbocycles. The van der Waals surface area contributed by atoms with Crippen molar-refractivity contribution in [1.82, 2.24) is 5.32 Å². The van der Waals surface area contributed by atoms with Gasteiger partial charge in [0.25, 0.3) is 5.91 Å². The zero-order valence-corrected chi connectivity index (χ0v) is 7.51. The van der Waals surface area contributed by atoms with Crippen LogP contribution in [0.4, 0.5) is 0 Å². The van der Waals surface area contributed by atoms with Crippen molar-refractivity contribution in [3.05, 3.63) is 12.7 Å². The summed E-state index contributed by atoms with van der Waals surface area (Å²) in [5.74, 6) is -0.345. The molecule has 0 unspecified atom stereocenters. The molecule has 0 spiro atoms. The lowest BCUT2D eigenvalue weighted by atomic mass is 10.1. The second-order valence-electron chi connectivity index (χ2n) is 2.98. The number of carbonyl (C=O) groups excluding carboxylic acids is 1. The number of rotatable bonds is 3. The van der Waals surface area contributed by atoms with Gasteiger partial charge in [0.2, 0.25) is 0 Å². The van der Waals surface area contributed by atoms with Gasteiger partial charge in [0.15, 0.2) is 0 Å². The van der Waals surface area contributed by atoms with Crippen LogP contribution in [0.5, 0.6) is 0 Å². The normalized spacial score (nSPS) is 17.8. The Balaban J connectivity index is 2.34. The number of ether oxygens (including phenoxy) is 1. The second-order valence-corrected chi connectivity index (χ2v) is 2.98. The van der Waals surface area contributed by atoms with E-state index in [0.29, 0.717) is 13.2 Å². The van der Waals surface area contributed by atoms with Gasteiger partial charge in [-0.3, -0.25) is 10.2 Å². The highest BCUT2D eigenvalue weighted by molar-refractivity contribution is 6.41. The molecule has 4 nitrogen and oxygen atoms in total. The van der Waals surface area contributed by atoms with Crippen molar-refractivity contribution >= 4 is 11.6 Å². The highest BCUT2D eigenvalue weighted by Gasteiger charge is 2.16. The molecule has 0 radical (unpaired) electrons. The minimum absolute atomic E-state index is 0.0773. The molecule has 72 valence electrons. The molecule has 0 aromatic rings. The summed E-state index contributed by atoms with van der Waals surface area (Å²) >= 11 is 0. The molecule has 1 heterocycles. The molecule has 0 aromatic heterocycles. The van der Waals surface area contributed by atoms with Crippen LogP contribution in [0.15, 0.2) is 12.7 Å². The second kappa shape index (κ2) is 4.77. The molecule has 0 atom stereocenters. The van der Waals surface area contributed by atoms with Crippen LogP contribution in [0.2, 0.25) is 0 Å². The summed E-state index contributed by atoms with van der Waals surface area (Å²) in [6.45, 7) is 4.74. The van der Waals surface area contributed by atoms with E-state index < -0.39 is 0 Å². The predicted octanol–water partition coefficient (Wildman–Crippen LogP) is 0.487. The number of hydrogen-bond acceptors (Lipinski definition) is 3. The zero-order chi connectivity index (χ0) is 9.68. The van der Waals surface area contributed by atoms with Crippen LogP contribution >= 0.6 is 0 Å².